The number of likely N-dealkylation sites (tertiary alicyclic amines) is 1. The van der Waals surface area contributed by atoms with Gasteiger partial charge in [-0.3, -0.25) is 4.79 Å². The summed E-state index contributed by atoms with van der Waals surface area (Å²) in [6.07, 6.45) is 0.911. The second-order valence-electron chi connectivity index (χ2n) is 6.60. The van der Waals surface area contributed by atoms with Gasteiger partial charge in [0.1, 0.15) is 9.93 Å². The van der Waals surface area contributed by atoms with Gasteiger partial charge in [0.25, 0.3) is 15.9 Å². The maximum absolute atomic E-state index is 13.0. The van der Waals surface area contributed by atoms with Crippen LogP contribution in [0.1, 0.15) is 23.2 Å². The molecule has 0 radical (unpaired) electrons. The van der Waals surface area contributed by atoms with Crippen molar-refractivity contribution in [3.63, 3.8) is 0 Å². The minimum atomic E-state index is -3.59. The van der Waals surface area contributed by atoms with Crippen LogP contribution in [0.25, 0.3) is 0 Å². The summed E-state index contributed by atoms with van der Waals surface area (Å²) < 4.78 is 33.7. The summed E-state index contributed by atoms with van der Waals surface area (Å²) in [7, 11) is -3.59. The molecular weight excluding hydrogens is 408 g/mol. The summed E-state index contributed by atoms with van der Waals surface area (Å²) in [5.41, 5.74) is -0.287. The lowest BCUT2D eigenvalue weighted by Crippen LogP contribution is -2.55. The Morgan fingerprint density at radius 2 is 1.81 bits per heavy atom. The molecule has 2 aromatic rings. The van der Waals surface area contributed by atoms with Gasteiger partial charge in [0, 0.05) is 43.1 Å². The molecule has 27 heavy (non-hydrogen) atoms. The summed E-state index contributed by atoms with van der Waals surface area (Å²) in [6, 6.07) is 10.1. The lowest BCUT2D eigenvalue weighted by atomic mass is 10.00. The molecule has 0 N–H and O–H groups in total. The largest absolute Gasteiger partial charge is 0.358 e. The summed E-state index contributed by atoms with van der Waals surface area (Å²) in [4.78, 5) is 14.4. The van der Waals surface area contributed by atoms with Crippen LogP contribution in [0.3, 0.4) is 0 Å². The molecule has 2 saturated heterocycles. The van der Waals surface area contributed by atoms with Gasteiger partial charge in [0.2, 0.25) is 0 Å². The third kappa shape index (κ3) is 3.40. The third-order valence-electron chi connectivity index (χ3n) is 5.08. The molecule has 1 amide bonds. The fourth-order valence-corrected chi connectivity index (χ4v) is 6.63. The second kappa shape index (κ2) is 7.18. The number of rotatable bonds is 3. The summed E-state index contributed by atoms with van der Waals surface area (Å²) >= 11 is 7.09. The first kappa shape index (κ1) is 18.9. The number of nitrogens with zero attached hydrogens (tertiary/aromatic N) is 2. The number of hydrogen-bond acceptors (Lipinski definition) is 5. The number of sulfonamides is 1. The van der Waals surface area contributed by atoms with Gasteiger partial charge in [-0.05, 0) is 35.7 Å². The standard InChI is InChI=1S/C18H19ClN2O4S2/c19-15-5-3-14(4-6-15)17(22)20-9-7-18(8-10-20)21(11-12-25-18)27(23,24)16-2-1-13-26-16/h1-6,13H,7-12H2. The Kier molecular flexibility index (Phi) is 5.02. The molecule has 4 rings (SSSR count). The number of piperidine rings is 1. The van der Waals surface area contributed by atoms with Gasteiger partial charge in [0.15, 0.2) is 0 Å². The highest BCUT2D eigenvalue weighted by atomic mass is 35.5. The Bertz CT molecular complexity index is 921. The molecule has 1 aromatic carbocycles. The first-order chi connectivity index (χ1) is 12.9. The van der Waals surface area contributed by atoms with E-state index in [1.54, 1.807) is 46.7 Å². The van der Waals surface area contributed by atoms with Gasteiger partial charge >= 0.3 is 0 Å². The molecule has 0 bridgehead atoms. The van der Waals surface area contributed by atoms with E-state index >= 15 is 0 Å². The molecule has 0 aliphatic carbocycles. The monoisotopic (exact) mass is 426 g/mol. The maximum atomic E-state index is 13.0. The number of halogens is 1. The molecule has 2 aliphatic rings. The van der Waals surface area contributed by atoms with Crippen molar-refractivity contribution in [3.05, 3.63) is 52.4 Å². The van der Waals surface area contributed by atoms with Gasteiger partial charge in [-0.15, -0.1) is 11.3 Å². The van der Waals surface area contributed by atoms with Crippen LogP contribution in [0.15, 0.2) is 46.0 Å². The van der Waals surface area contributed by atoms with Crippen LogP contribution < -0.4 is 0 Å². The molecule has 2 fully saturated rings. The Hall–Kier alpha value is -1.45. The Balaban J connectivity index is 1.50. The minimum absolute atomic E-state index is 0.0767. The molecule has 2 aliphatic heterocycles. The molecule has 1 aromatic heterocycles. The first-order valence-corrected chi connectivity index (χ1v) is 11.4. The summed E-state index contributed by atoms with van der Waals surface area (Å²) in [5.74, 6) is -0.0767. The lowest BCUT2D eigenvalue weighted by molar-refractivity contribution is -0.0856. The van der Waals surface area contributed by atoms with E-state index in [4.69, 9.17) is 16.3 Å². The van der Waals surface area contributed by atoms with Gasteiger partial charge < -0.3 is 9.64 Å². The summed E-state index contributed by atoms with van der Waals surface area (Å²) in [5, 5.41) is 2.34. The molecule has 0 atom stereocenters. The van der Waals surface area contributed by atoms with Crippen molar-refractivity contribution in [2.45, 2.75) is 22.8 Å². The fourth-order valence-electron chi connectivity index (χ4n) is 3.68. The highest BCUT2D eigenvalue weighted by molar-refractivity contribution is 7.91. The number of thiophene rings is 1. The maximum Gasteiger partial charge on any atom is 0.255 e. The van der Waals surface area contributed by atoms with Gasteiger partial charge in [-0.25, -0.2) is 8.42 Å². The number of carbonyl (C=O) groups is 1. The van der Waals surface area contributed by atoms with E-state index in [9.17, 15) is 13.2 Å². The van der Waals surface area contributed by atoms with E-state index in [1.807, 2.05) is 0 Å². The molecule has 1 spiro atoms. The highest BCUT2D eigenvalue weighted by Crippen LogP contribution is 2.39. The van der Waals surface area contributed by atoms with Crippen LogP contribution in [0, 0.1) is 0 Å². The average Bonchev–Trinajstić information content (AvgIpc) is 3.34. The van der Waals surface area contributed by atoms with Crippen molar-refractivity contribution >= 4 is 38.9 Å². The Morgan fingerprint density at radius 1 is 1.11 bits per heavy atom. The van der Waals surface area contributed by atoms with E-state index in [0.717, 1.165) is 0 Å². The first-order valence-electron chi connectivity index (χ1n) is 8.68. The lowest BCUT2D eigenvalue weighted by Gasteiger charge is -2.42. The fraction of sp³-hybridized carbons (Fsp3) is 0.389. The molecular formula is C18H19ClN2O4S2. The van der Waals surface area contributed by atoms with Crippen LogP contribution in [0.4, 0.5) is 0 Å². The Morgan fingerprint density at radius 3 is 2.44 bits per heavy atom. The number of benzene rings is 1. The summed E-state index contributed by atoms with van der Waals surface area (Å²) in [6.45, 7) is 1.59. The van der Waals surface area contributed by atoms with Crippen molar-refractivity contribution in [2.24, 2.45) is 0 Å². The van der Waals surface area contributed by atoms with Crippen LogP contribution >= 0.6 is 22.9 Å². The number of carbonyl (C=O) groups excluding carboxylic acids is 1. The smallest absolute Gasteiger partial charge is 0.255 e. The normalized spacial score (nSPS) is 20.3. The van der Waals surface area contributed by atoms with Crippen molar-refractivity contribution in [3.8, 4) is 0 Å². The molecule has 0 saturated carbocycles. The van der Waals surface area contributed by atoms with Gasteiger partial charge in [-0.2, -0.15) is 4.31 Å². The van der Waals surface area contributed by atoms with Crippen molar-refractivity contribution in [2.75, 3.05) is 26.2 Å². The van der Waals surface area contributed by atoms with E-state index < -0.39 is 15.7 Å². The quantitative estimate of drug-likeness (QED) is 0.756. The molecule has 144 valence electrons. The minimum Gasteiger partial charge on any atom is -0.358 e. The zero-order valence-electron chi connectivity index (χ0n) is 14.5. The van der Waals surface area contributed by atoms with Crippen molar-refractivity contribution in [1.82, 2.24) is 9.21 Å². The van der Waals surface area contributed by atoms with Crippen LogP contribution in [0.2, 0.25) is 5.02 Å². The predicted molar refractivity (Wildman–Crippen MR) is 103 cm³/mol. The third-order valence-corrected chi connectivity index (χ3v) is 8.66. The van der Waals surface area contributed by atoms with Crippen LogP contribution in [-0.2, 0) is 14.8 Å². The molecule has 0 unspecified atom stereocenters. The van der Waals surface area contributed by atoms with Crippen molar-refractivity contribution < 1.29 is 17.9 Å². The SMILES string of the molecule is O=C(c1ccc(Cl)cc1)N1CCC2(CC1)OCCN2S(=O)(=O)c1cccs1. The molecule has 6 nitrogen and oxygen atoms in total. The zero-order valence-corrected chi connectivity index (χ0v) is 16.9. The Labute approximate surface area is 167 Å². The average molecular weight is 427 g/mol. The van der Waals surface area contributed by atoms with Crippen LogP contribution in [0.5, 0.6) is 0 Å². The highest BCUT2D eigenvalue weighted by Gasteiger charge is 2.51. The number of ether oxygens (including phenoxy) is 1. The van der Waals surface area contributed by atoms with Gasteiger partial charge in [-0.1, -0.05) is 17.7 Å². The predicted octanol–water partition coefficient (Wildman–Crippen LogP) is 3.05. The van der Waals surface area contributed by atoms with Gasteiger partial charge in [0.05, 0.1) is 6.61 Å². The van der Waals surface area contributed by atoms with E-state index in [-0.39, 0.29) is 5.91 Å². The van der Waals surface area contributed by atoms with Crippen LogP contribution in [-0.4, -0.2) is 55.5 Å². The number of hydrogen-bond donors (Lipinski definition) is 0. The number of amides is 1. The zero-order chi connectivity index (χ0) is 19.1. The molecule has 9 heteroatoms. The molecule has 3 heterocycles. The second-order valence-corrected chi connectivity index (χ2v) is 10.1. The van der Waals surface area contributed by atoms with E-state index in [2.05, 4.69) is 0 Å². The topological polar surface area (TPSA) is 66.9 Å². The van der Waals surface area contributed by atoms with E-state index in [1.165, 1.54) is 15.6 Å². The van der Waals surface area contributed by atoms with Crippen molar-refractivity contribution in [1.29, 1.82) is 0 Å². The van der Waals surface area contributed by atoms with E-state index in [0.29, 0.717) is 53.9 Å².